The minimum atomic E-state index is -3.53. The van der Waals surface area contributed by atoms with Crippen molar-refractivity contribution in [3.05, 3.63) is 29.8 Å². The van der Waals surface area contributed by atoms with E-state index in [9.17, 15) is 8.42 Å². The number of nitrogens with one attached hydrogen (secondary N) is 2. The molecule has 0 atom stereocenters. The van der Waals surface area contributed by atoms with Crippen LogP contribution in [0.5, 0.6) is 0 Å². The van der Waals surface area contributed by atoms with Gasteiger partial charge in [-0.15, -0.1) is 0 Å². The van der Waals surface area contributed by atoms with E-state index in [-0.39, 0.29) is 4.90 Å². The van der Waals surface area contributed by atoms with Crippen molar-refractivity contribution in [1.82, 2.24) is 10.1 Å². The number of nitrogens with zero attached hydrogens (tertiary/aromatic N) is 1. The van der Waals surface area contributed by atoms with Crippen molar-refractivity contribution in [2.45, 2.75) is 24.7 Å². The SMILES string of the molecule is Cc1ccc(S(=O)(=O)NN=C2CCNCC2)cc1. The lowest BCUT2D eigenvalue weighted by molar-refractivity contribution is 0.583. The van der Waals surface area contributed by atoms with Crippen LogP contribution in [-0.2, 0) is 10.0 Å². The second-order valence-corrected chi connectivity index (χ2v) is 6.00. The number of benzene rings is 1. The van der Waals surface area contributed by atoms with Crippen LogP contribution in [0.1, 0.15) is 18.4 Å². The molecule has 1 heterocycles. The number of sulfonamides is 1. The molecule has 18 heavy (non-hydrogen) atoms. The number of aryl methyl sites for hydroxylation is 1. The van der Waals surface area contributed by atoms with E-state index in [4.69, 9.17) is 0 Å². The molecule has 5 nitrogen and oxygen atoms in total. The molecule has 2 N–H and O–H groups in total. The van der Waals surface area contributed by atoms with E-state index in [2.05, 4.69) is 15.2 Å². The molecule has 0 radical (unpaired) electrons. The van der Waals surface area contributed by atoms with Crippen molar-refractivity contribution in [2.75, 3.05) is 13.1 Å². The minimum absolute atomic E-state index is 0.242. The lowest BCUT2D eigenvalue weighted by atomic mass is 10.1. The summed E-state index contributed by atoms with van der Waals surface area (Å²) in [5, 5.41) is 7.18. The molecule has 0 unspecified atom stereocenters. The standard InChI is InChI=1S/C12H17N3O2S/c1-10-2-4-12(5-3-10)18(16,17)15-14-11-6-8-13-9-7-11/h2-5,13,15H,6-9H2,1H3. The average Bonchev–Trinajstić information content (AvgIpc) is 2.38. The van der Waals surface area contributed by atoms with E-state index < -0.39 is 10.0 Å². The Morgan fingerprint density at radius 2 is 1.78 bits per heavy atom. The molecule has 0 aromatic heterocycles. The van der Waals surface area contributed by atoms with Crippen LogP contribution in [0.2, 0.25) is 0 Å². The molecule has 1 aliphatic heterocycles. The van der Waals surface area contributed by atoms with Crippen LogP contribution in [0.4, 0.5) is 0 Å². The third-order valence-electron chi connectivity index (χ3n) is 2.84. The molecular formula is C12H17N3O2S. The first-order valence-electron chi connectivity index (χ1n) is 5.92. The summed E-state index contributed by atoms with van der Waals surface area (Å²) in [7, 11) is -3.53. The molecule has 1 aromatic carbocycles. The highest BCUT2D eigenvalue weighted by atomic mass is 32.2. The maximum Gasteiger partial charge on any atom is 0.276 e. The topological polar surface area (TPSA) is 70.6 Å². The predicted octanol–water partition coefficient (Wildman–Crippen LogP) is 1.01. The molecule has 0 saturated carbocycles. The number of piperidine rings is 1. The summed E-state index contributed by atoms with van der Waals surface area (Å²) in [5.41, 5.74) is 1.92. The highest BCUT2D eigenvalue weighted by Gasteiger charge is 2.13. The summed E-state index contributed by atoms with van der Waals surface area (Å²) < 4.78 is 23.9. The second-order valence-electron chi connectivity index (χ2n) is 4.34. The first kappa shape index (κ1) is 13.0. The second kappa shape index (κ2) is 5.49. The Hall–Kier alpha value is -1.40. The fourth-order valence-electron chi connectivity index (χ4n) is 1.72. The molecule has 2 rings (SSSR count). The number of hydrogen-bond acceptors (Lipinski definition) is 4. The highest BCUT2D eigenvalue weighted by Crippen LogP contribution is 2.10. The normalized spacial score (nSPS) is 16.4. The zero-order valence-electron chi connectivity index (χ0n) is 10.3. The fraction of sp³-hybridized carbons (Fsp3) is 0.417. The van der Waals surface area contributed by atoms with Gasteiger partial charge in [-0.2, -0.15) is 13.5 Å². The Labute approximate surface area is 107 Å². The molecule has 0 spiro atoms. The van der Waals surface area contributed by atoms with Crippen LogP contribution < -0.4 is 10.1 Å². The summed E-state index contributed by atoms with van der Waals surface area (Å²) in [6, 6.07) is 6.71. The summed E-state index contributed by atoms with van der Waals surface area (Å²) in [6.45, 7) is 3.62. The monoisotopic (exact) mass is 267 g/mol. The molecule has 6 heteroatoms. The molecule has 98 valence electrons. The van der Waals surface area contributed by atoms with Crippen molar-refractivity contribution < 1.29 is 8.42 Å². The summed E-state index contributed by atoms with van der Waals surface area (Å²) >= 11 is 0. The van der Waals surface area contributed by atoms with Gasteiger partial charge >= 0.3 is 0 Å². The van der Waals surface area contributed by atoms with Crippen LogP contribution >= 0.6 is 0 Å². The van der Waals surface area contributed by atoms with Gasteiger partial charge in [0.05, 0.1) is 4.90 Å². The average molecular weight is 267 g/mol. The van der Waals surface area contributed by atoms with Gasteiger partial charge in [0.15, 0.2) is 0 Å². The van der Waals surface area contributed by atoms with E-state index in [1.54, 1.807) is 24.3 Å². The molecule has 1 fully saturated rings. The maximum atomic E-state index is 12.0. The van der Waals surface area contributed by atoms with Gasteiger partial charge in [-0.3, -0.25) is 0 Å². The van der Waals surface area contributed by atoms with E-state index >= 15 is 0 Å². The Morgan fingerprint density at radius 1 is 1.17 bits per heavy atom. The van der Waals surface area contributed by atoms with E-state index in [1.165, 1.54) is 0 Å². The van der Waals surface area contributed by atoms with Gasteiger partial charge in [0.2, 0.25) is 0 Å². The molecule has 1 aliphatic rings. The first-order chi connectivity index (χ1) is 8.58. The Bertz CT molecular complexity index is 527. The van der Waals surface area contributed by atoms with E-state index in [0.29, 0.717) is 0 Å². The van der Waals surface area contributed by atoms with Crippen LogP contribution in [0, 0.1) is 6.92 Å². The lowest BCUT2D eigenvalue weighted by Gasteiger charge is -2.14. The van der Waals surface area contributed by atoms with Gasteiger partial charge in [0.1, 0.15) is 0 Å². The summed E-state index contributed by atoms with van der Waals surface area (Å²) in [6.07, 6.45) is 1.58. The van der Waals surface area contributed by atoms with Crippen molar-refractivity contribution in [3.63, 3.8) is 0 Å². The summed E-state index contributed by atoms with van der Waals surface area (Å²) in [5.74, 6) is 0. The predicted molar refractivity (Wildman–Crippen MR) is 71.0 cm³/mol. The van der Waals surface area contributed by atoms with Crippen LogP contribution in [0.15, 0.2) is 34.3 Å². The number of rotatable bonds is 3. The fourth-order valence-corrected chi connectivity index (χ4v) is 2.57. The first-order valence-corrected chi connectivity index (χ1v) is 7.41. The van der Waals surface area contributed by atoms with Crippen LogP contribution in [-0.4, -0.2) is 27.2 Å². The van der Waals surface area contributed by atoms with E-state index in [1.807, 2.05) is 6.92 Å². The van der Waals surface area contributed by atoms with Crippen molar-refractivity contribution >= 4 is 15.7 Å². The van der Waals surface area contributed by atoms with Gasteiger partial charge < -0.3 is 5.32 Å². The maximum absolute atomic E-state index is 12.0. The molecule has 0 bridgehead atoms. The Kier molecular flexibility index (Phi) is 3.98. The number of hydrazone groups is 1. The van der Waals surface area contributed by atoms with Gasteiger partial charge in [-0.05, 0) is 19.1 Å². The van der Waals surface area contributed by atoms with Crippen molar-refractivity contribution in [3.8, 4) is 0 Å². The molecule has 1 saturated heterocycles. The minimum Gasteiger partial charge on any atom is -0.316 e. The van der Waals surface area contributed by atoms with Gasteiger partial charge in [0, 0.05) is 31.6 Å². The van der Waals surface area contributed by atoms with Crippen molar-refractivity contribution in [1.29, 1.82) is 0 Å². The Balaban J connectivity index is 2.09. The van der Waals surface area contributed by atoms with E-state index in [0.717, 1.165) is 37.2 Å². The zero-order valence-corrected chi connectivity index (χ0v) is 11.1. The molecule has 0 aliphatic carbocycles. The zero-order chi connectivity index (χ0) is 13.0. The largest absolute Gasteiger partial charge is 0.316 e. The highest BCUT2D eigenvalue weighted by molar-refractivity contribution is 7.89. The smallest absolute Gasteiger partial charge is 0.276 e. The third kappa shape index (κ3) is 3.30. The third-order valence-corrected chi connectivity index (χ3v) is 4.06. The van der Waals surface area contributed by atoms with Crippen molar-refractivity contribution in [2.24, 2.45) is 5.10 Å². The van der Waals surface area contributed by atoms with Gasteiger partial charge in [0.25, 0.3) is 10.0 Å². The Morgan fingerprint density at radius 3 is 2.39 bits per heavy atom. The molecule has 0 amide bonds. The number of hydrogen-bond donors (Lipinski definition) is 2. The van der Waals surface area contributed by atoms with Crippen LogP contribution in [0.25, 0.3) is 0 Å². The molecular weight excluding hydrogens is 250 g/mol. The van der Waals surface area contributed by atoms with Gasteiger partial charge in [-0.25, -0.2) is 4.83 Å². The van der Waals surface area contributed by atoms with Gasteiger partial charge in [-0.1, -0.05) is 17.7 Å². The summed E-state index contributed by atoms with van der Waals surface area (Å²) in [4.78, 5) is 2.54. The lowest BCUT2D eigenvalue weighted by Crippen LogP contribution is -2.30. The molecule has 1 aromatic rings. The quantitative estimate of drug-likeness (QED) is 0.803. The van der Waals surface area contributed by atoms with Crippen LogP contribution in [0.3, 0.4) is 0 Å².